The number of fused-ring (bicyclic) bond motifs is 2. The first kappa shape index (κ1) is 28.4. The van der Waals surface area contributed by atoms with E-state index in [9.17, 15) is 22.4 Å². The number of carbonyl (C=O) groups excluding carboxylic acids is 1. The molecule has 2 aliphatic rings. The van der Waals surface area contributed by atoms with Crippen LogP contribution in [0.2, 0.25) is 0 Å². The number of benzene rings is 1. The minimum atomic E-state index is -4.16. The van der Waals surface area contributed by atoms with Crippen molar-refractivity contribution in [1.29, 1.82) is 0 Å². The second-order valence-electron chi connectivity index (χ2n) is 11.2. The zero-order chi connectivity index (χ0) is 28.3. The van der Waals surface area contributed by atoms with E-state index in [1.807, 2.05) is 6.07 Å². The number of rotatable bonds is 7. The summed E-state index contributed by atoms with van der Waals surface area (Å²) >= 11 is 0. The molecular weight excluding hydrogens is 522 g/mol. The van der Waals surface area contributed by atoms with Gasteiger partial charge in [-0.25, -0.2) is 9.38 Å². The van der Waals surface area contributed by atoms with E-state index in [1.165, 1.54) is 16.8 Å². The molecule has 40 heavy (non-hydrogen) atoms. The lowest BCUT2D eigenvalue weighted by molar-refractivity contribution is -0.134. The van der Waals surface area contributed by atoms with Crippen LogP contribution < -0.4 is 0 Å². The summed E-state index contributed by atoms with van der Waals surface area (Å²) in [6.07, 6.45) is 5.26. The van der Waals surface area contributed by atoms with E-state index in [-0.39, 0.29) is 23.8 Å². The largest absolute Gasteiger partial charge is 0.389 e. The molecule has 0 atom stereocenters. The Morgan fingerprint density at radius 1 is 1.10 bits per heavy atom. The zero-order valence-electron chi connectivity index (χ0n) is 22.8. The Kier molecular flexibility index (Phi) is 8.63. The third kappa shape index (κ3) is 7.13. The maximum atomic E-state index is 14.0. The highest BCUT2D eigenvalue weighted by Crippen LogP contribution is 2.31. The molecule has 1 aliphatic heterocycles. The van der Waals surface area contributed by atoms with Gasteiger partial charge in [-0.15, -0.1) is 0 Å². The van der Waals surface area contributed by atoms with Gasteiger partial charge in [-0.3, -0.25) is 14.5 Å². The van der Waals surface area contributed by atoms with Crippen LogP contribution in [0.1, 0.15) is 65.8 Å². The third-order valence-corrected chi connectivity index (χ3v) is 8.27. The number of aliphatic imine (C=N–C) groups is 1. The molecule has 1 amide bonds. The third-order valence-electron chi connectivity index (χ3n) is 8.27. The number of pyridine rings is 1. The van der Waals surface area contributed by atoms with Crippen LogP contribution in [0.5, 0.6) is 0 Å². The number of aryl methyl sites for hydroxylation is 2. The Morgan fingerprint density at radius 2 is 1.88 bits per heavy atom. The fourth-order valence-electron chi connectivity index (χ4n) is 5.91. The first-order valence-corrected chi connectivity index (χ1v) is 14.1. The lowest BCUT2D eigenvalue weighted by Gasteiger charge is -2.28. The Labute approximate surface area is 231 Å². The van der Waals surface area contributed by atoms with Crippen molar-refractivity contribution in [3.05, 3.63) is 58.8 Å². The summed E-state index contributed by atoms with van der Waals surface area (Å²) in [5.41, 5.74) is 3.16. The van der Waals surface area contributed by atoms with Crippen LogP contribution in [0.3, 0.4) is 0 Å². The molecule has 0 spiro atoms. The van der Waals surface area contributed by atoms with E-state index < -0.39 is 18.4 Å². The van der Waals surface area contributed by atoms with Gasteiger partial charge in [0.15, 0.2) is 5.82 Å². The molecule has 3 aromatic rings. The minimum Gasteiger partial charge on any atom is -0.303 e. The van der Waals surface area contributed by atoms with E-state index >= 15 is 0 Å². The van der Waals surface area contributed by atoms with Gasteiger partial charge >= 0.3 is 6.18 Å². The van der Waals surface area contributed by atoms with Crippen LogP contribution >= 0.6 is 0 Å². The number of carbonyl (C=O) groups is 1. The molecule has 1 saturated carbocycles. The summed E-state index contributed by atoms with van der Waals surface area (Å²) in [6, 6.07) is 6.44. The van der Waals surface area contributed by atoms with Crippen LogP contribution in [-0.4, -0.2) is 57.6 Å². The van der Waals surface area contributed by atoms with Crippen molar-refractivity contribution in [1.82, 2.24) is 19.7 Å². The van der Waals surface area contributed by atoms with E-state index in [1.54, 1.807) is 25.5 Å². The lowest BCUT2D eigenvalue weighted by atomic mass is 9.81. The highest BCUT2D eigenvalue weighted by atomic mass is 19.4. The Balaban J connectivity index is 1.06. The van der Waals surface area contributed by atoms with Crippen molar-refractivity contribution in [3.63, 3.8) is 0 Å². The van der Waals surface area contributed by atoms with Crippen molar-refractivity contribution in [2.45, 2.75) is 64.0 Å². The Morgan fingerprint density at radius 3 is 2.65 bits per heavy atom. The van der Waals surface area contributed by atoms with E-state index in [4.69, 9.17) is 0 Å². The molecule has 2 aromatic heterocycles. The number of hydrogen-bond donors (Lipinski definition) is 0. The van der Waals surface area contributed by atoms with Crippen molar-refractivity contribution in [3.8, 4) is 0 Å². The van der Waals surface area contributed by atoms with Gasteiger partial charge in [-0.05, 0) is 87.1 Å². The molecule has 3 heterocycles. The number of alkyl halides is 3. The molecule has 0 N–H and O–H groups in total. The highest BCUT2D eigenvalue weighted by Gasteiger charge is 2.27. The maximum Gasteiger partial charge on any atom is 0.389 e. The van der Waals surface area contributed by atoms with Gasteiger partial charge < -0.3 is 4.90 Å². The molecule has 1 aliphatic carbocycles. The number of nitrogens with zero attached hydrogens (tertiary/aromatic N) is 5. The van der Waals surface area contributed by atoms with E-state index in [0.717, 1.165) is 75.8 Å². The molecule has 0 radical (unpaired) electrons. The predicted octanol–water partition coefficient (Wildman–Crippen LogP) is 6.11. The van der Waals surface area contributed by atoms with Gasteiger partial charge in [0.25, 0.3) is 5.91 Å². The Bertz CT molecular complexity index is 1370. The average Bonchev–Trinajstić information content (AvgIpc) is 3.21. The van der Waals surface area contributed by atoms with E-state index in [2.05, 4.69) is 20.0 Å². The van der Waals surface area contributed by atoms with Crippen molar-refractivity contribution in [2.24, 2.45) is 23.9 Å². The van der Waals surface area contributed by atoms with Crippen molar-refractivity contribution >= 4 is 23.0 Å². The summed E-state index contributed by atoms with van der Waals surface area (Å²) in [5.74, 6) is 0.0644. The molecule has 6 nitrogen and oxygen atoms in total. The predicted molar refractivity (Wildman–Crippen MR) is 146 cm³/mol. The van der Waals surface area contributed by atoms with Gasteiger partial charge in [-0.1, -0.05) is 6.07 Å². The number of amides is 1. The fraction of sp³-hybridized carbons (Fsp3) is 0.533. The molecule has 10 heteroatoms. The summed E-state index contributed by atoms with van der Waals surface area (Å²) in [6.45, 7) is 2.82. The van der Waals surface area contributed by atoms with Crippen LogP contribution in [0, 0.1) is 17.7 Å². The lowest BCUT2D eigenvalue weighted by Crippen LogP contribution is -2.29. The first-order valence-electron chi connectivity index (χ1n) is 14.1. The molecule has 214 valence electrons. The second-order valence-corrected chi connectivity index (χ2v) is 11.2. The van der Waals surface area contributed by atoms with Gasteiger partial charge in [-0.2, -0.15) is 18.3 Å². The van der Waals surface area contributed by atoms with Crippen LogP contribution in [0.15, 0.2) is 35.5 Å². The normalized spacial score (nSPS) is 20.6. The topological polar surface area (TPSA) is 63.4 Å². The molecule has 1 fully saturated rings. The highest BCUT2D eigenvalue weighted by molar-refractivity contribution is 6.08. The number of aromatic nitrogens is 3. The molecular formula is C30H35F4N5O. The van der Waals surface area contributed by atoms with Crippen LogP contribution in [0.25, 0.3) is 10.9 Å². The first-order chi connectivity index (χ1) is 19.1. The maximum absolute atomic E-state index is 14.0. The quantitative estimate of drug-likeness (QED) is 0.260. The summed E-state index contributed by atoms with van der Waals surface area (Å²) in [5, 5.41) is 4.57. The molecule has 0 bridgehead atoms. The molecule has 1 aromatic carbocycles. The Hall–Kier alpha value is -3.14. The van der Waals surface area contributed by atoms with Gasteiger partial charge in [0, 0.05) is 62.2 Å². The van der Waals surface area contributed by atoms with Crippen molar-refractivity contribution in [2.75, 3.05) is 19.6 Å². The number of halogens is 4. The van der Waals surface area contributed by atoms with Crippen LogP contribution in [0.4, 0.5) is 17.6 Å². The van der Waals surface area contributed by atoms with Gasteiger partial charge in [0.1, 0.15) is 5.52 Å². The summed E-state index contributed by atoms with van der Waals surface area (Å²) in [7, 11) is 1.69. The molecule has 0 saturated heterocycles. The van der Waals surface area contributed by atoms with E-state index in [0.29, 0.717) is 22.6 Å². The van der Waals surface area contributed by atoms with Crippen molar-refractivity contribution < 1.29 is 22.4 Å². The fourth-order valence-corrected chi connectivity index (χ4v) is 5.91. The monoisotopic (exact) mass is 557 g/mol. The summed E-state index contributed by atoms with van der Waals surface area (Å²) < 4.78 is 53.3. The van der Waals surface area contributed by atoms with Gasteiger partial charge in [0.05, 0.1) is 5.56 Å². The van der Waals surface area contributed by atoms with Crippen LogP contribution in [-0.2, 0) is 26.3 Å². The number of hydrogen-bond acceptors (Lipinski definition) is 4. The minimum absolute atomic E-state index is 0.0668. The summed E-state index contributed by atoms with van der Waals surface area (Å²) in [4.78, 5) is 24.0. The average molecular weight is 558 g/mol. The standard InChI is InChI=1S/C30H35F4N5O/c1-38-19-25-24(8-9-26(31)28(25)37-38)29(40)35-18-21-4-2-20(3-5-21)11-15-39-16-12-22-6-7-23(10-14-30(32,33)34)36-27(22)13-17-39/h6-9,18-21H,2-5,10-17H2,1H3/b35-18+. The second kappa shape index (κ2) is 12.2. The molecule has 0 unspecified atom stereocenters. The SMILES string of the molecule is Cn1cc2c(C(=O)/N=C/C3CCC(CCN4CCc5ccc(CCC(F)(F)F)nc5CC4)CC3)ccc(F)c2n1. The smallest absolute Gasteiger partial charge is 0.303 e. The zero-order valence-corrected chi connectivity index (χ0v) is 22.8. The van der Waals surface area contributed by atoms with Gasteiger partial charge in [0.2, 0.25) is 0 Å². The molecule has 5 rings (SSSR count).